The van der Waals surface area contributed by atoms with Gasteiger partial charge in [0, 0.05) is 42.0 Å². The summed E-state index contributed by atoms with van der Waals surface area (Å²) >= 11 is 6.03. The largest absolute Gasteiger partial charge is 0.484 e. The van der Waals surface area contributed by atoms with Gasteiger partial charge in [0.05, 0.1) is 24.8 Å². The van der Waals surface area contributed by atoms with Crippen molar-refractivity contribution < 1.29 is 13.9 Å². The first-order chi connectivity index (χ1) is 15.2. The van der Waals surface area contributed by atoms with Crippen molar-refractivity contribution in [3.8, 4) is 17.0 Å². The van der Waals surface area contributed by atoms with Gasteiger partial charge in [-0.1, -0.05) is 11.6 Å². The van der Waals surface area contributed by atoms with E-state index in [4.69, 9.17) is 22.1 Å². The van der Waals surface area contributed by atoms with Crippen molar-refractivity contribution >= 4 is 23.5 Å². The molecule has 3 aromatic rings. The van der Waals surface area contributed by atoms with E-state index in [1.54, 1.807) is 31.7 Å². The van der Waals surface area contributed by atoms with Gasteiger partial charge >= 0.3 is 0 Å². The van der Waals surface area contributed by atoms with Crippen LogP contribution in [0.15, 0.2) is 54.2 Å². The molecule has 2 N–H and O–H groups in total. The Bertz CT molecular complexity index is 1240. The van der Waals surface area contributed by atoms with Crippen molar-refractivity contribution in [3.63, 3.8) is 0 Å². The summed E-state index contributed by atoms with van der Waals surface area (Å²) in [4.78, 5) is 27.9. The van der Waals surface area contributed by atoms with Crippen LogP contribution in [0.3, 0.4) is 0 Å². The monoisotopic (exact) mass is 454 g/mol. The van der Waals surface area contributed by atoms with E-state index in [0.29, 0.717) is 29.1 Å². The second kappa shape index (κ2) is 7.03. The smallest absolute Gasteiger partial charge is 0.261 e. The normalized spacial score (nSPS) is 24.4. The number of carbonyl (C=O) groups excluding carboxylic acids is 1. The third-order valence-electron chi connectivity index (χ3n) is 5.84. The number of ether oxygens (including phenoxy) is 1. The van der Waals surface area contributed by atoms with Crippen molar-refractivity contribution in [1.82, 2.24) is 19.4 Å². The van der Waals surface area contributed by atoms with Crippen LogP contribution in [0.25, 0.3) is 11.3 Å². The van der Waals surface area contributed by atoms with Gasteiger partial charge in [0.15, 0.2) is 11.5 Å². The van der Waals surface area contributed by atoms with E-state index in [-0.39, 0.29) is 23.3 Å². The molecule has 0 radical (unpaired) electrons. The van der Waals surface area contributed by atoms with Crippen LogP contribution in [0, 0.1) is 5.82 Å². The minimum absolute atomic E-state index is 0.125. The maximum Gasteiger partial charge on any atom is 0.261 e. The number of benzene rings is 1. The summed E-state index contributed by atoms with van der Waals surface area (Å²) in [7, 11) is 1.59. The molecule has 2 atom stereocenters. The maximum atomic E-state index is 14.0. The number of nitrogens with two attached hydrogens (primary N) is 1. The number of hydrogen-bond acceptors (Lipinski definition) is 6. The molecular weight excluding hydrogens is 435 g/mol. The summed E-state index contributed by atoms with van der Waals surface area (Å²) in [5.74, 6) is -0.194. The van der Waals surface area contributed by atoms with Gasteiger partial charge in [0.25, 0.3) is 5.91 Å². The molecule has 32 heavy (non-hydrogen) atoms. The lowest BCUT2D eigenvalue weighted by atomic mass is 9.76. The third-order valence-corrected chi connectivity index (χ3v) is 6.06. The Morgan fingerprint density at radius 1 is 1.31 bits per heavy atom. The van der Waals surface area contributed by atoms with Crippen LogP contribution in [0.1, 0.15) is 18.9 Å². The Hall–Kier alpha value is -3.46. The Balaban J connectivity index is 1.66. The fraction of sp³-hybridized carbons (Fsp3) is 0.273. The summed E-state index contributed by atoms with van der Waals surface area (Å²) < 4.78 is 22.2. The molecule has 8 nitrogen and oxygen atoms in total. The standard InChI is InChI=1S/C22H20ClFN6O2/c1-21(11-30-4-3-26-12-30)10-22(19(31)29(2)20(25)28-22)16-8-17(27-9-18(16)32-21)13-5-14(23)7-15(24)6-13/h3-9,12H,10-11H2,1-2H3,(H2,25,28)/t21-,22?/m0/s1. The van der Waals surface area contributed by atoms with Crippen LogP contribution in [0.5, 0.6) is 5.75 Å². The van der Waals surface area contributed by atoms with E-state index >= 15 is 0 Å². The van der Waals surface area contributed by atoms with E-state index < -0.39 is 17.0 Å². The molecule has 10 heteroatoms. The summed E-state index contributed by atoms with van der Waals surface area (Å²) in [6.45, 7) is 2.36. The summed E-state index contributed by atoms with van der Waals surface area (Å²) in [5.41, 5.74) is 5.45. The number of fused-ring (bicyclic) bond motifs is 2. The van der Waals surface area contributed by atoms with Crippen molar-refractivity contribution in [2.45, 2.75) is 31.0 Å². The van der Waals surface area contributed by atoms with Gasteiger partial charge < -0.3 is 15.0 Å². The van der Waals surface area contributed by atoms with Gasteiger partial charge in [-0.3, -0.25) is 14.7 Å². The average Bonchev–Trinajstić information content (AvgIpc) is 3.30. The van der Waals surface area contributed by atoms with Gasteiger partial charge in [-0.25, -0.2) is 14.4 Å². The summed E-state index contributed by atoms with van der Waals surface area (Å²) in [6.07, 6.45) is 6.98. The van der Waals surface area contributed by atoms with E-state index in [1.165, 1.54) is 23.2 Å². The molecule has 1 unspecified atom stereocenters. The van der Waals surface area contributed by atoms with Gasteiger partial charge in [-0.05, 0) is 31.2 Å². The SMILES string of the molecule is CN1C(=O)C2(C[C@@](C)(Cn3ccnc3)Oc3cnc(-c4cc(F)cc(Cl)c4)cc32)N=C1N. The van der Waals surface area contributed by atoms with Crippen molar-refractivity contribution in [1.29, 1.82) is 0 Å². The fourth-order valence-corrected chi connectivity index (χ4v) is 4.71. The Labute approximate surface area is 188 Å². The Morgan fingerprint density at radius 3 is 2.78 bits per heavy atom. The number of likely N-dealkylation sites (N-methyl/N-ethyl adjacent to an activating group) is 1. The van der Waals surface area contributed by atoms with Crippen LogP contribution in [0.4, 0.5) is 4.39 Å². The van der Waals surface area contributed by atoms with Gasteiger partial charge in [0.2, 0.25) is 0 Å². The topological polar surface area (TPSA) is 98.6 Å². The number of hydrogen-bond donors (Lipinski definition) is 1. The number of rotatable bonds is 3. The molecule has 0 fully saturated rings. The minimum atomic E-state index is -1.28. The zero-order chi connectivity index (χ0) is 22.7. The molecule has 2 aliphatic heterocycles. The van der Waals surface area contributed by atoms with E-state index in [2.05, 4.69) is 15.0 Å². The zero-order valence-corrected chi connectivity index (χ0v) is 18.2. The fourth-order valence-electron chi connectivity index (χ4n) is 4.49. The van der Waals surface area contributed by atoms with E-state index in [9.17, 15) is 9.18 Å². The molecule has 0 saturated carbocycles. The number of pyridine rings is 1. The van der Waals surface area contributed by atoms with Crippen LogP contribution < -0.4 is 10.5 Å². The van der Waals surface area contributed by atoms with Crippen molar-refractivity contribution in [2.75, 3.05) is 7.05 Å². The first kappa shape index (κ1) is 20.4. The van der Waals surface area contributed by atoms with Gasteiger partial charge in [-0.2, -0.15) is 0 Å². The molecular formula is C22H20ClFN6O2. The molecule has 5 rings (SSSR count). The van der Waals surface area contributed by atoms with Crippen LogP contribution in [-0.4, -0.2) is 44.0 Å². The van der Waals surface area contributed by atoms with E-state index in [0.717, 1.165) is 0 Å². The Morgan fingerprint density at radius 2 is 2.12 bits per heavy atom. The molecule has 2 aromatic heterocycles. The van der Waals surface area contributed by atoms with Crippen LogP contribution in [-0.2, 0) is 16.9 Å². The van der Waals surface area contributed by atoms with Crippen LogP contribution in [0.2, 0.25) is 5.02 Å². The lowest BCUT2D eigenvalue weighted by Crippen LogP contribution is -2.52. The minimum Gasteiger partial charge on any atom is -0.484 e. The number of guanidine groups is 1. The highest BCUT2D eigenvalue weighted by atomic mass is 35.5. The quantitative estimate of drug-likeness (QED) is 0.656. The Kier molecular flexibility index (Phi) is 4.49. The highest BCUT2D eigenvalue weighted by Crippen LogP contribution is 2.50. The number of nitrogens with zero attached hydrogens (tertiary/aromatic N) is 5. The second-order valence-electron chi connectivity index (χ2n) is 8.38. The number of aromatic nitrogens is 3. The molecule has 1 spiro atoms. The summed E-state index contributed by atoms with van der Waals surface area (Å²) in [6, 6.07) is 5.86. The highest BCUT2D eigenvalue weighted by molar-refractivity contribution is 6.30. The molecule has 164 valence electrons. The second-order valence-corrected chi connectivity index (χ2v) is 8.82. The molecule has 0 bridgehead atoms. The predicted molar refractivity (Wildman–Crippen MR) is 117 cm³/mol. The van der Waals surface area contributed by atoms with E-state index in [1.807, 2.05) is 17.7 Å². The first-order valence-corrected chi connectivity index (χ1v) is 10.3. The first-order valence-electron chi connectivity index (χ1n) is 9.94. The molecule has 4 heterocycles. The maximum absolute atomic E-state index is 14.0. The predicted octanol–water partition coefficient (Wildman–Crippen LogP) is 2.96. The molecule has 0 saturated heterocycles. The van der Waals surface area contributed by atoms with Crippen molar-refractivity contribution in [3.05, 3.63) is 65.6 Å². The zero-order valence-electron chi connectivity index (χ0n) is 17.4. The highest BCUT2D eigenvalue weighted by Gasteiger charge is 2.57. The van der Waals surface area contributed by atoms with Crippen LogP contribution >= 0.6 is 11.6 Å². The number of aliphatic imine (C=N–C) groups is 1. The molecule has 1 aromatic carbocycles. The third kappa shape index (κ3) is 3.20. The molecule has 2 aliphatic rings. The van der Waals surface area contributed by atoms with Gasteiger partial charge in [-0.15, -0.1) is 0 Å². The average molecular weight is 455 g/mol. The molecule has 1 amide bonds. The summed E-state index contributed by atoms with van der Waals surface area (Å²) in [5, 5.41) is 0.248. The molecule has 0 aliphatic carbocycles. The number of amides is 1. The number of imidazole rings is 1. The number of halogens is 2. The van der Waals surface area contributed by atoms with Crippen molar-refractivity contribution in [2.24, 2.45) is 10.7 Å². The number of carbonyl (C=O) groups is 1. The van der Waals surface area contributed by atoms with Gasteiger partial charge in [0.1, 0.15) is 17.2 Å². The lowest BCUT2D eigenvalue weighted by Gasteiger charge is -2.43. The lowest BCUT2D eigenvalue weighted by molar-refractivity contribution is -0.134.